The van der Waals surface area contributed by atoms with Gasteiger partial charge in [-0.3, -0.25) is 9.59 Å². The summed E-state index contributed by atoms with van der Waals surface area (Å²) in [6.07, 6.45) is 0.819. The molecule has 36 heavy (non-hydrogen) atoms. The third kappa shape index (κ3) is 7.84. The Kier molecular flexibility index (Phi) is 9.98. The molecule has 0 saturated carbocycles. The zero-order valence-corrected chi connectivity index (χ0v) is 22.4. The molecule has 6 heteroatoms. The van der Waals surface area contributed by atoms with Crippen molar-refractivity contribution in [3.8, 4) is 11.1 Å². The second-order valence-corrected chi connectivity index (χ2v) is 10.5. The zero-order valence-electron chi connectivity index (χ0n) is 20.9. The molecule has 190 valence electrons. The van der Waals surface area contributed by atoms with Crippen molar-refractivity contribution in [3.05, 3.63) is 94.0 Å². The Morgan fingerprint density at radius 2 is 1.47 bits per heavy atom. The van der Waals surface area contributed by atoms with E-state index in [0.717, 1.165) is 22.3 Å². The van der Waals surface area contributed by atoms with Gasteiger partial charge in [0.05, 0.1) is 10.0 Å². The van der Waals surface area contributed by atoms with Crippen molar-refractivity contribution in [3.63, 3.8) is 0 Å². The lowest BCUT2D eigenvalue weighted by Gasteiger charge is -2.27. The predicted octanol–water partition coefficient (Wildman–Crippen LogP) is 7.63. The van der Waals surface area contributed by atoms with Gasteiger partial charge in [0.15, 0.2) is 0 Å². The van der Waals surface area contributed by atoms with Crippen LogP contribution in [-0.4, -0.2) is 23.0 Å². The first kappa shape index (κ1) is 27.8. The van der Waals surface area contributed by atoms with Crippen molar-refractivity contribution >= 4 is 35.1 Å². The fourth-order valence-electron chi connectivity index (χ4n) is 4.48. The van der Waals surface area contributed by atoms with Crippen molar-refractivity contribution in [2.75, 3.05) is 0 Å². The molecule has 0 aliphatic rings. The van der Waals surface area contributed by atoms with Crippen LogP contribution in [0.4, 0.5) is 0 Å². The van der Waals surface area contributed by atoms with E-state index in [-0.39, 0.29) is 42.5 Å². The number of carbonyl (C=O) groups is 2. The van der Waals surface area contributed by atoms with E-state index in [9.17, 15) is 14.7 Å². The number of amides is 1. The van der Waals surface area contributed by atoms with E-state index in [2.05, 4.69) is 41.7 Å². The molecule has 0 heterocycles. The van der Waals surface area contributed by atoms with Crippen LogP contribution in [0.5, 0.6) is 0 Å². The fourth-order valence-corrected chi connectivity index (χ4v) is 4.80. The molecule has 0 saturated heterocycles. The lowest BCUT2D eigenvalue weighted by atomic mass is 9.85. The van der Waals surface area contributed by atoms with E-state index in [1.165, 1.54) is 0 Å². The van der Waals surface area contributed by atoms with Gasteiger partial charge >= 0.3 is 5.97 Å². The summed E-state index contributed by atoms with van der Waals surface area (Å²) >= 11 is 12.4. The molecule has 0 fully saturated rings. The monoisotopic (exact) mass is 525 g/mol. The lowest BCUT2D eigenvalue weighted by molar-refractivity contribution is -0.138. The molecule has 3 aromatic carbocycles. The van der Waals surface area contributed by atoms with Gasteiger partial charge in [-0.15, -0.1) is 0 Å². The number of aliphatic carboxylic acids is 1. The smallest absolute Gasteiger partial charge is 0.303 e. The van der Waals surface area contributed by atoms with Gasteiger partial charge < -0.3 is 10.4 Å². The van der Waals surface area contributed by atoms with Crippen molar-refractivity contribution in [2.45, 2.75) is 52.0 Å². The number of benzene rings is 3. The number of carbonyl (C=O) groups excluding carboxylic acids is 1. The van der Waals surface area contributed by atoms with Gasteiger partial charge in [-0.1, -0.05) is 97.7 Å². The van der Waals surface area contributed by atoms with Crippen molar-refractivity contribution in [2.24, 2.45) is 11.8 Å². The number of halogens is 2. The van der Waals surface area contributed by atoms with Crippen LogP contribution in [0.15, 0.2) is 72.8 Å². The van der Waals surface area contributed by atoms with Gasteiger partial charge in [0, 0.05) is 24.8 Å². The van der Waals surface area contributed by atoms with Gasteiger partial charge in [-0.05, 0) is 59.6 Å². The van der Waals surface area contributed by atoms with E-state index in [1.807, 2.05) is 51.1 Å². The standard InChI is InChI=1S/C30H33Cl2NO3/c1-19(2)25(18-30(35)36)17-29(34)33-20(3)26(15-21-9-14-27(31)28(32)16-21)24-12-10-23(11-13-24)22-7-5-4-6-8-22/h4-14,16,19-20,25-26H,15,17-18H2,1-3H3,(H,33,34)(H,35,36). The molecule has 0 spiro atoms. The first-order chi connectivity index (χ1) is 17.1. The fraction of sp³-hybridized carbons (Fsp3) is 0.333. The zero-order chi connectivity index (χ0) is 26.2. The van der Waals surface area contributed by atoms with E-state index in [4.69, 9.17) is 23.2 Å². The molecule has 3 aromatic rings. The molecule has 0 aliphatic carbocycles. The Hall–Kier alpha value is -2.82. The summed E-state index contributed by atoms with van der Waals surface area (Å²) in [5.74, 6) is -1.16. The van der Waals surface area contributed by atoms with Crippen LogP contribution in [0.25, 0.3) is 11.1 Å². The summed E-state index contributed by atoms with van der Waals surface area (Å²) in [6, 6.07) is 24.0. The number of carboxylic acid groups (broad SMARTS) is 1. The molecular formula is C30H33Cl2NO3. The summed E-state index contributed by atoms with van der Waals surface area (Å²) in [4.78, 5) is 24.2. The quantitative estimate of drug-likeness (QED) is 0.270. The molecule has 4 nitrogen and oxygen atoms in total. The average molecular weight is 527 g/mol. The van der Waals surface area contributed by atoms with Gasteiger partial charge in [-0.25, -0.2) is 0 Å². The summed E-state index contributed by atoms with van der Waals surface area (Å²) in [7, 11) is 0. The van der Waals surface area contributed by atoms with Crippen LogP contribution in [0.2, 0.25) is 10.0 Å². The Labute approximate surface area is 223 Å². The molecule has 2 N–H and O–H groups in total. The number of carboxylic acids is 1. The van der Waals surface area contributed by atoms with E-state index in [1.54, 1.807) is 6.07 Å². The predicted molar refractivity (Wildman–Crippen MR) is 148 cm³/mol. The molecule has 3 rings (SSSR count). The number of nitrogens with one attached hydrogen (secondary N) is 1. The highest BCUT2D eigenvalue weighted by Crippen LogP contribution is 2.30. The molecule has 3 atom stereocenters. The third-order valence-corrected chi connectivity index (χ3v) is 7.44. The van der Waals surface area contributed by atoms with Gasteiger partial charge in [0.1, 0.15) is 0 Å². The van der Waals surface area contributed by atoms with Crippen LogP contribution >= 0.6 is 23.2 Å². The lowest BCUT2D eigenvalue weighted by Crippen LogP contribution is -2.39. The van der Waals surface area contributed by atoms with Crippen LogP contribution < -0.4 is 5.32 Å². The number of hydrogen-bond donors (Lipinski definition) is 2. The maximum Gasteiger partial charge on any atom is 0.303 e. The minimum Gasteiger partial charge on any atom is -0.481 e. The first-order valence-corrected chi connectivity index (χ1v) is 13.0. The number of hydrogen-bond acceptors (Lipinski definition) is 2. The van der Waals surface area contributed by atoms with Gasteiger partial charge in [-0.2, -0.15) is 0 Å². The van der Waals surface area contributed by atoms with Crippen LogP contribution in [0.1, 0.15) is 50.7 Å². The highest BCUT2D eigenvalue weighted by atomic mass is 35.5. The minimum atomic E-state index is -0.884. The largest absolute Gasteiger partial charge is 0.481 e. The second kappa shape index (κ2) is 12.9. The summed E-state index contributed by atoms with van der Waals surface area (Å²) in [5, 5.41) is 13.4. The molecular weight excluding hydrogens is 493 g/mol. The van der Waals surface area contributed by atoms with Crippen LogP contribution in [0.3, 0.4) is 0 Å². The molecule has 0 aromatic heterocycles. The topological polar surface area (TPSA) is 66.4 Å². The van der Waals surface area contributed by atoms with Gasteiger partial charge in [0.25, 0.3) is 0 Å². The van der Waals surface area contributed by atoms with E-state index < -0.39 is 5.97 Å². The third-order valence-electron chi connectivity index (χ3n) is 6.71. The minimum absolute atomic E-state index is 0.0204. The van der Waals surface area contributed by atoms with E-state index in [0.29, 0.717) is 16.5 Å². The van der Waals surface area contributed by atoms with Gasteiger partial charge in [0.2, 0.25) is 5.91 Å². The molecule has 1 amide bonds. The summed E-state index contributed by atoms with van der Waals surface area (Å²) in [5.41, 5.74) is 4.38. The molecule has 0 aliphatic heterocycles. The summed E-state index contributed by atoms with van der Waals surface area (Å²) in [6.45, 7) is 5.89. The molecule has 0 bridgehead atoms. The Balaban J connectivity index is 1.83. The van der Waals surface area contributed by atoms with E-state index >= 15 is 0 Å². The van der Waals surface area contributed by atoms with Crippen LogP contribution in [-0.2, 0) is 16.0 Å². The highest BCUT2D eigenvalue weighted by Gasteiger charge is 2.25. The first-order valence-electron chi connectivity index (χ1n) is 12.2. The van der Waals surface area contributed by atoms with Crippen molar-refractivity contribution in [1.29, 1.82) is 0 Å². The normalized spacial score (nSPS) is 13.7. The van der Waals surface area contributed by atoms with Crippen molar-refractivity contribution < 1.29 is 14.7 Å². The Morgan fingerprint density at radius 3 is 2.06 bits per heavy atom. The Bertz CT molecular complexity index is 1160. The maximum atomic E-state index is 12.9. The SMILES string of the molecule is CC(C)C(CC(=O)O)CC(=O)NC(C)C(Cc1ccc(Cl)c(Cl)c1)c1ccc(-c2ccccc2)cc1. The average Bonchev–Trinajstić information content (AvgIpc) is 2.84. The summed E-state index contributed by atoms with van der Waals surface area (Å²) < 4.78 is 0. The highest BCUT2D eigenvalue weighted by molar-refractivity contribution is 6.42. The number of rotatable bonds is 11. The van der Waals surface area contributed by atoms with Crippen LogP contribution in [0, 0.1) is 11.8 Å². The Morgan fingerprint density at radius 1 is 0.833 bits per heavy atom. The van der Waals surface area contributed by atoms with Crippen molar-refractivity contribution in [1.82, 2.24) is 5.32 Å². The molecule has 0 radical (unpaired) electrons. The maximum absolute atomic E-state index is 12.9. The second-order valence-electron chi connectivity index (χ2n) is 9.71. The molecule has 3 unspecified atom stereocenters.